The highest BCUT2D eigenvalue weighted by molar-refractivity contribution is 6.04. The summed E-state index contributed by atoms with van der Waals surface area (Å²) in [7, 11) is 0. The number of benzene rings is 1. The molecule has 2 heterocycles. The van der Waals surface area contributed by atoms with Crippen LogP contribution >= 0.6 is 0 Å². The topological polar surface area (TPSA) is 138 Å². The molecule has 2 aliphatic rings. The van der Waals surface area contributed by atoms with Crippen LogP contribution in [-0.4, -0.2) is 64.7 Å². The summed E-state index contributed by atoms with van der Waals surface area (Å²) in [6, 6.07) is 9.04. The summed E-state index contributed by atoms with van der Waals surface area (Å²) in [5, 5.41) is 3.93. The summed E-state index contributed by atoms with van der Waals surface area (Å²) in [5.41, 5.74) is 4.31. The minimum Gasteiger partial charge on any atom is -0.433 e. The molecule has 4 rings (SSSR count). The van der Waals surface area contributed by atoms with Crippen molar-refractivity contribution in [2.45, 2.75) is 51.6 Å². The van der Waals surface area contributed by atoms with Crippen LogP contribution in [0.3, 0.4) is 0 Å². The minimum absolute atomic E-state index is 0.0579. The number of amides is 2. The zero-order valence-electron chi connectivity index (χ0n) is 20.9. The number of aromatic nitrogens is 2. The van der Waals surface area contributed by atoms with Gasteiger partial charge in [0.15, 0.2) is 5.60 Å². The summed E-state index contributed by atoms with van der Waals surface area (Å²) in [5.74, 6) is -2.55. The number of nitrogens with zero attached hydrogens (tertiary/aromatic N) is 3. The predicted octanol–water partition coefficient (Wildman–Crippen LogP) is 3.46. The van der Waals surface area contributed by atoms with Gasteiger partial charge >= 0.3 is 6.09 Å². The van der Waals surface area contributed by atoms with Gasteiger partial charge in [-0.25, -0.2) is 4.79 Å². The van der Waals surface area contributed by atoms with Crippen LogP contribution in [-0.2, 0) is 14.3 Å². The standard InChI is InChI=1S/C26H34N4O6/c1-17(19-9-5-3-6-10-19)26(35-25(27)33,18(2)24(32)30-13-15-34-16-14-30)21(31)22-28-23(36-29-22)20-11-7-4-8-12-20/h4,7-8,11-12,17-19H,3,5-6,9-10,13-16H2,1-2H3,(H2,27,33). The van der Waals surface area contributed by atoms with Gasteiger partial charge in [-0.3, -0.25) is 9.59 Å². The number of hydrogen-bond acceptors (Lipinski definition) is 8. The summed E-state index contributed by atoms with van der Waals surface area (Å²) in [6.07, 6.45) is 3.70. The Balaban J connectivity index is 1.77. The highest BCUT2D eigenvalue weighted by Gasteiger charge is 2.58. The normalized spacial score (nSPS) is 20.2. The Morgan fingerprint density at radius 1 is 1.08 bits per heavy atom. The Kier molecular flexibility index (Phi) is 8.03. The van der Waals surface area contributed by atoms with Gasteiger partial charge in [0.05, 0.1) is 19.1 Å². The van der Waals surface area contributed by atoms with Crippen molar-refractivity contribution in [2.24, 2.45) is 23.5 Å². The number of nitrogens with two attached hydrogens (primary N) is 1. The fourth-order valence-electron chi connectivity index (χ4n) is 5.61. The van der Waals surface area contributed by atoms with Crippen molar-refractivity contribution in [3.8, 4) is 11.5 Å². The van der Waals surface area contributed by atoms with Crippen LogP contribution in [0.4, 0.5) is 4.79 Å². The molecular weight excluding hydrogens is 464 g/mol. The maximum atomic E-state index is 14.2. The summed E-state index contributed by atoms with van der Waals surface area (Å²) >= 11 is 0. The first-order valence-electron chi connectivity index (χ1n) is 12.6. The molecule has 1 aliphatic heterocycles. The van der Waals surface area contributed by atoms with E-state index in [1.165, 1.54) is 0 Å². The van der Waals surface area contributed by atoms with E-state index in [4.69, 9.17) is 19.7 Å². The third-order valence-electron chi connectivity index (χ3n) is 7.64. The molecule has 10 nitrogen and oxygen atoms in total. The van der Waals surface area contributed by atoms with E-state index in [2.05, 4.69) is 10.1 Å². The minimum atomic E-state index is -1.89. The Morgan fingerprint density at radius 3 is 2.39 bits per heavy atom. The second-order valence-corrected chi connectivity index (χ2v) is 9.68. The predicted molar refractivity (Wildman–Crippen MR) is 130 cm³/mol. The van der Waals surface area contributed by atoms with E-state index in [0.29, 0.717) is 31.9 Å². The lowest BCUT2D eigenvalue weighted by molar-refractivity contribution is -0.150. The van der Waals surface area contributed by atoms with Crippen LogP contribution < -0.4 is 5.73 Å². The molecule has 2 aromatic rings. The summed E-state index contributed by atoms with van der Waals surface area (Å²) in [6.45, 7) is 5.07. The number of carbonyl (C=O) groups excluding carboxylic acids is 3. The van der Waals surface area contributed by atoms with Crippen LogP contribution in [0.5, 0.6) is 0 Å². The Morgan fingerprint density at radius 2 is 1.75 bits per heavy atom. The molecule has 1 saturated heterocycles. The van der Waals surface area contributed by atoms with Crippen LogP contribution in [0.15, 0.2) is 34.9 Å². The van der Waals surface area contributed by atoms with Crippen molar-refractivity contribution in [2.75, 3.05) is 26.3 Å². The van der Waals surface area contributed by atoms with Crippen molar-refractivity contribution in [3.63, 3.8) is 0 Å². The van der Waals surface area contributed by atoms with Crippen molar-refractivity contribution in [3.05, 3.63) is 36.2 Å². The average molecular weight is 499 g/mol. The summed E-state index contributed by atoms with van der Waals surface area (Å²) in [4.78, 5) is 46.2. The smallest absolute Gasteiger partial charge is 0.405 e. The highest BCUT2D eigenvalue weighted by Crippen LogP contribution is 2.43. The van der Waals surface area contributed by atoms with Gasteiger partial charge in [-0.15, -0.1) is 0 Å². The zero-order valence-corrected chi connectivity index (χ0v) is 20.9. The number of ketones is 1. The Hall–Kier alpha value is -3.27. The second kappa shape index (κ2) is 11.2. The number of rotatable bonds is 8. The lowest BCUT2D eigenvalue weighted by atomic mass is 9.66. The van der Waals surface area contributed by atoms with Crippen LogP contribution in [0.25, 0.3) is 11.5 Å². The number of ether oxygens (including phenoxy) is 2. The number of hydrogen-bond donors (Lipinski definition) is 1. The largest absolute Gasteiger partial charge is 0.433 e. The maximum absolute atomic E-state index is 14.2. The quantitative estimate of drug-likeness (QED) is 0.546. The monoisotopic (exact) mass is 498 g/mol. The molecule has 1 aliphatic carbocycles. The first-order valence-corrected chi connectivity index (χ1v) is 12.6. The van der Waals surface area contributed by atoms with E-state index in [9.17, 15) is 14.4 Å². The molecule has 3 unspecified atom stereocenters. The van der Waals surface area contributed by atoms with E-state index in [1.807, 2.05) is 25.1 Å². The lowest BCUT2D eigenvalue weighted by Crippen LogP contribution is -2.61. The third-order valence-corrected chi connectivity index (χ3v) is 7.64. The van der Waals surface area contributed by atoms with Gasteiger partial charge in [-0.05, 0) is 25.0 Å². The highest BCUT2D eigenvalue weighted by atomic mass is 16.6. The molecule has 0 bridgehead atoms. The fraction of sp³-hybridized carbons (Fsp3) is 0.577. The molecule has 10 heteroatoms. The molecule has 3 atom stereocenters. The fourth-order valence-corrected chi connectivity index (χ4v) is 5.61. The maximum Gasteiger partial charge on any atom is 0.405 e. The van der Waals surface area contributed by atoms with Gasteiger partial charge in [-0.1, -0.05) is 62.4 Å². The molecule has 2 amide bonds. The van der Waals surface area contributed by atoms with Gasteiger partial charge in [-0.2, -0.15) is 4.98 Å². The molecule has 2 fully saturated rings. The van der Waals surface area contributed by atoms with E-state index < -0.39 is 29.3 Å². The van der Waals surface area contributed by atoms with E-state index in [-0.39, 0.29) is 23.5 Å². The van der Waals surface area contributed by atoms with Crippen LogP contribution in [0, 0.1) is 17.8 Å². The summed E-state index contributed by atoms with van der Waals surface area (Å²) < 4.78 is 16.5. The van der Waals surface area contributed by atoms with Crippen molar-refractivity contribution in [1.82, 2.24) is 15.0 Å². The number of primary amides is 1. The molecule has 1 saturated carbocycles. The molecule has 36 heavy (non-hydrogen) atoms. The van der Waals surface area contributed by atoms with Crippen molar-refractivity contribution >= 4 is 17.8 Å². The van der Waals surface area contributed by atoms with Gasteiger partial charge in [0.1, 0.15) is 0 Å². The molecular formula is C26H34N4O6. The molecule has 2 N–H and O–H groups in total. The van der Waals surface area contributed by atoms with Gasteiger partial charge in [0.2, 0.25) is 17.5 Å². The average Bonchev–Trinajstić information content (AvgIpc) is 3.42. The molecule has 0 radical (unpaired) electrons. The van der Waals surface area contributed by atoms with Crippen molar-refractivity contribution in [1.29, 1.82) is 0 Å². The molecule has 1 aromatic heterocycles. The Bertz CT molecular complexity index is 1060. The first kappa shape index (κ1) is 25.8. The van der Waals surface area contributed by atoms with Gasteiger partial charge in [0, 0.05) is 24.6 Å². The van der Waals surface area contributed by atoms with E-state index >= 15 is 0 Å². The van der Waals surface area contributed by atoms with Gasteiger partial charge < -0.3 is 24.6 Å². The zero-order chi connectivity index (χ0) is 25.7. The first-order chi connectivity index (χ1) is 17.3. The third kappa shape index (κ3) is 5.13. The molecule has 0 spiro atoms. The number of morpholine rings is 1. The van der Waals surface area contributed by atoms with Gasteiger partial charge in [0.25, 0.3) is 5.89 Å². The SMILES string of the molecule is CC(C(=O)N1CCOCC1)C(OC(N)=O)(C(=O)c1noc(-c2ccccc2)n1)C(C)C1CCCCC1. The molecule has 1 aromatic carbocycles. The lowest BCUT2D eigenvalue weighted by Gasteiger charge is -2.45. The van der Waals surface area contributed by atoms with Crippen molar-refractivity contribution < 1.29 is 28.4 Å². The van der Waals surface area contributed by atoms with E-state index in [1.54, 1.807) is 24.0 Å². The number of Topliss-reactive ketones (excluding diaryl/α,β-unsaturated/α-hetero) is 1. The van der Waals surface area contributed by atoms with Crippen LogP contribution in [0.1, 0.15) is 56.6 Å². The number of carbonyl (C=O) groups is 3. The van der Waals surface area contributed by atoms with E-state index in [0.717, 1.165) is 32.1 Å². The molecule has 194 valence electrons. The Labute approximate surface area is 210 Å². The second-order valence-electron chi connectivity index (χ2n) is 9.68. The van der Waals surface area contributed by atoms with Crippen LogP contribution in [0.2, 0.25) is 0 Å².